The number of nitrogens with zero attached hydrogens (tertiary/aromatic N) is 1. The highest BCUT2D eigenvalue weighted by atomic mass is 16.5. The molecule has 23 heavy (non-hydrogen) atoms. The van der Waals surface area contributed by atoms with E-state index in [1.165, 1.54) is 5.56 Å². The molecule has 0 unspecified atom stereocenters. The minimum atomic E-state index is 0.0929. The van der Waals surface area contributed by atoms with Gasteiger partial charge in [0.05, 0.1) is 19.8 Å². The minimum Gasteiger partial charge on any atom is -0.497 e. The molecule has 1 aromatic rings. The molecule has 0 aromatic heterocycles. The van der Waals surface area contributed by atoms with Gasteiger partial charge >= 0.3 is 0 Å². The average molecular weight is 318 g/mol. The van der Waals surface area contributed by atoms with Crippen molar-refractivity contribution >= 4 is 5.91 Å². The van der Waals surface area contributed by atoms with Crippen LogP contribution in [-0.2, 0) is 9.53 Å². The molecule has 1 N–H and O–H groups in total. The second-order valence-electron chi connectivity index (χ2n) is 6.34. The van der Waals surface area contributed by atoms with Crippen molar-refractivity contribution in [2.24, 2.45) is 0 Å². The molecule has 2 aliphatic rings. The Kier molecular flexibility index (Phi) is 5.51. The van der Waals surface area contributed by atoms with Crippen molar-refractivity contribution in [1.82, 2.24) is 10.2 Å². The number of carbonyl (C=O) groups excluding carboxylic acids is 1. The second kappa shape index (κ2) is 7.79. The number of benzene rings is 1. The van der Waals surface area contributed by atoms with E-state index >= 15 is 0 Å². The van der Waals surface area contributed by atoms with Crippen LogP contribution in [0.4, 0.5) is 0 Å². The standard InChI is InChI=1S/C18H26N2O3/c1-22-15-6-2-5-14(11-15)17-8-3-9-20(17)13-18(21)19-12-16-7-4-10-23-16/h2,5-6,11,16-17H,3-4,7-10,12-13H2,1H3,(H,19,21)/t16-,17-/m0/s1. The number of nitrogens with one attached hydrogen (secondary N) is 1. The SMILES string of the molecule is COc1cccc([C@@H]2CCCN2CC(=O)NC[C@@H]2CCCO2)c1. The van der Waals surface area contributed by atoms with Gasteiger partial charge in [-0.2, -0.15) is 0 Å². The molecular weight excluding hydrogens is 292 g/mol. The molecule has 0 spiro atoms. The first-order valence-corrected chi connectivity index (χ1v) is 8.52. The molecule has 5 heteroatoms. The summed E-state index contributed by atoms with van der Waals surface area (Å²) >= 11 is 0. The maximum atomic E-state index is 12.2. The summed E-state index contributed by atoms with van der Waals surface area (Å²) in [6, 6.07) is 8.47. The van der Waals surface area contributed by atoms with E-state index in [0.717, 1.165) is 44.6 Å². The summed E-state index contributed by atoms with van der Waals surface area (Å²) in [5.74, 6) is 0.965. The molecule has 2 atom stereocenters. The van der Waals surface area contributed by atoms with Crippen molar-refractivity contribution in [2.75, 3.05) is 33.4 Å². The maximum absolute atomic E-state index is 12.2. The lowest BCUT2D eigenvalue weighted by molar-refractivity contribution is -0.123. The summed E-state index contributed by atoms with van der Waals surface area (Å²) in [5, 5.41) is 3.02. The zero-order valence-corrected chi connectivity index (χ0v) is 13.8. The van der Waals surface area contributed by atoms with Crippen LogP contribution in [0.5, 0.6) is 5.75 Å². The van der Waals surface area contributed by atoms with Crippen LogP contribution >= 0.6 is 0 Å². The zero-order chi connectivity index (χ0) is 16.1. The number of likely N-dealkylation sites (tertiary alicyclic amines) is 1. The van der Waals surface area contributed by atoms with Gasteiger partial charge in [0.1, 0.15) is 5.75 Å². The lowest BCUT2D eigenvalue weighted by Crippen LogP contribution is -2.39. The summed E-state index contributed by atoms with van der Waals surface area (Å²) in [6.45, 7) is 2.88. The topological polar surface area (TPSA) is 50.8 Å². The van der Waals surface area contributed by atoms with E-state index in [2.05, 4.69) is 22.3 Å². The molecule has 0 radical (unpaired) electrons. The van der Waals surface area contributed by atoms with Gasteiger partial charge < -0.3 is 14.8 Å². The van der Waals surface area contributed by atoms with E-state index in [-0.39, 0.29) is 12.0 Å². The van der Waals surface area contributed by atoms with E-state index in [0.29, 0.717) is 19.1 Å². The molecule has 2 heterocycles. The lowest BCUT2D eigenvalue weighted by atomic mass is 10.0. The molecular formula is C18H26N2O3. The first-order chi connectivity index (χ1) is 11.3. The molecule has 0 saturated carbocycles. The van der Waals surface area contributed by atoms with Crippen LogP contribution in [0.2, 0.25) is 0 Å². The number of methoxy groups -OCH3 is 1. The van der Waals surface area contributed by atoms with Gasteiger partial charge in [0.2, 0.25) is 5.91 Å². The van der Waals surface area contributed by atoms with Crippen LogP contribution in [0.25, 0.3) is 0 Å². The van der Waals surface area contributed by atoms with Gasteiger partial charge in [-0.3, -0.25) is 9.69 Å². The summed E-state index contributed by atoms with van der Waals surface area (Å²) in [4.78, 5) is 14.5. The predicted octanol–water partition coefficient (Wildman–Crippen LogP) is 2.13. The Balaban J connectivity index is 1.54. The van der Waals surface area contributed by atoms with Gasteiger partial charge in [-0.15, -0.1) is 0 Å². The fraction of sp³-hybridized carbons (Fsp3) is 0.611. The van der Waals surface area contributed by atoms with Crippen molar-refractivity contribution in [2.45, 2.75) is 37.8 Å². The Morgan fingerprint density at radius 1 is 1.39 bits per heavy atom. The first kappa shape index (κ1) is 16.3. The Morgan fingerprint density at radius 2 is 2.30 bits per heavy atom. The molecule has 0 aliphatic carbocycles. The third-order valence-electron chi connectivity index (χ3n) is 4.74. The number of ether oxygens (including phenoxy) is 2. The monoisotopic (exact) mass is 318 g/mol. The Hall–Kier alpha value is -1.59. The highest BCUT2D eigenvalue weighted by Gasteiger charge is 2.28. The smallest absolute Gasteiger partial charge is 0.234 e. The Labute approximate surface area is 137 Å². The number of hydrogen-bond acceptors (Lipinski definition) is 4. The van der Waals surface area contributed by atoms with Crippen LogP contribution < -0.4 is 10.1 Å². The van der Waals surface area contributed by atoms with E-state index in [1.54, 1.807) is 7.11 Å². The molecule has 1 aromatic carbocycles. The van der Waals surface area contributed by atoms with Crippen molar-refractivity contribution in [1.29, 1.82) is 0 Å². The van der Waals surface area contributed by atoms with Gasteiger partial charge in [0.25, 0.3) is 0 Å². The Bertz CT molecular complexity index is 529. The molecule has 1 amide bonds. The normalized spacial score (nSPS) is 24.7. The van der Waals surface area contributed by atoms with Gasteiger partial charge in [0, 0.05) is 19.2 Å². The lowest BCUT2D eigenvalue weighted by Gasteiger charge is -2.24. The number of rotatable bonds is 6. The van der Waals surface area contributed by atoms with Crippen LogP contribution in [0.15, 0.2) is 24.3 Å². The quantitative estimate of drug-likeness (QED) is 0.873. The molecule has 126 valence electrons. The summed E-state index contributed by atoms with van der Waals surface area (Å²) in [7, 11) is 1.68. The third-order valence-corrected chi connectivity index (χ3v) is 4.74. The van der Waals surface area contributed by atoms with E-state index < -0.39 is 0 Å². The van der Waals surface area contributed by atoms with Crippen molar-refractivity contribution < 1.29 is 14.3 Å². The zero-order valence-electron chi connectivity index (χ0n) is 13.8. The average Bonchev–Trinajstić information content (AvgIpc) is 3.24. The van der Waals surface area contributed by atoms with Gasteiger partial charge in [-0.05, 0) is 49.9 Å². The van der Waals surface area contributed by atoms with Crippen LogP contribution in [0, 0.1) is 0 Å². The highest BCUT2D eigenvalue weighted by molar-refractivity contribution is 5.78. The molecule has 3 rings (SSSR count). The first-order valence-electron chi connectivity index (χ1n) is 8.52. The third kappa shape index (κ3) is 4.24. The van der Waals surface area contributed by atoms with E-state index in [4.69, 9.17) is 9.47 Å². The number of carbonyl (C=O) groups is 1. The van der Waals surface area contributed by atoms with Crippen LogP contribution in [-0.4, -0.2) is 50.3 Å². The van der Waals surface area contributed by atoms with Crippen LogP contribution in [0.1, 0.15) is 37.3 Å². The van der Waals surface area contributed by atoms with Crippen molar-refractivity contribution in [3.8, 4) is 5.75 Å². The summed E-state index contributed by atoms with van der Waals surface area (Å²) < 4.78 is 10.9. The number of hydrogen-bond donors (Lipinski definition) is 1. The molecule has 5 nitrogen and oxygen atoms in total. The summed E-state index contributed by atoms with van der Waals surface area (Å²) in [5.41, 5.74) is 1.23. The van der Waals surface area contributed by atoms with E-state index in [9.17, 15) is 4.79 Å². The minimum absolute atomic E-state index is 0.0929. The molecule has 2 aliphatic heterocycles. The van der Waals surface area contributed by atoms with Gasteiger partial charge in [0.15, 0.2) is 0 Å². The van der Waals surface area contributed by atoms with Crippen molar-refractivity contribution in [3.05, 3.63) is 29.8 Å². The van der Waals surface area contributed by atoms with Gasteiger partial charge in [-0.1, -0.05) is 12.1 Å². The Morgan fingerprint density at radius 3 is 3.09 bits per heavy atom. The summed E-state index contributed by atoms with van der Waals surface area (Å²) in [6.07, 6.45) is 4.57. The van der Waals surface area contributed by atoms with Gasteiger partial charge in [-0.25, -0.2) is 0 Å². The fourth-order valence-corrected chi connectivity index (χ4v) is 3.52. The number of amides is 1. The van der Waals surface area contributed by atoms with E-state index in [1.807, 2.05) is 12.1 Å². The van der Waals surface area contributed by atoms with Crippen molar-refractivity contribution in [3.63, 3.8) is 0 Å². The van der Waals surface area contributed by atoms with Crippen LogP contribution in [0.3, 0.4) is 0 Å². The predicted molar refractivity (Wildman–Crippen MR) is 88.5 cm³/mol. The maximum Gasteiger partial charge on any atom is 0.234 e. The molecule has 0 bridgehead atoms. The molecule has 2 saturated heterocycles. The largest absolute Gasteiger partial charge is 0.497 e. The second-order valence-corrected chi connectivity index (χ2v) is 6.34. The highest BCUT2D eigenvalue weighted by Crippen LogP contribution is 2.33. The molecule has 2 fully saturated rings. The fourth-order valence-electron chi connectivity index (χ4n) is 3.52.